The van der Waals surface area contributed by atoms with Crippen molar-refractivity contribution in [1.29, 1.82) is 0 Å². The summed E-state index contributed by atoms with van der Waals surface area (Å²) in [5.74, 6) is 2.17. The van der Waals surface area contributed by atoms with Crippen molar-refractivity contribution in [2.24, 2.45) is 23.2 Å². The molecule has 3 atom stereocenters. The summed E-state index contributed by atoms with van der Waals surface area (Å²) in [6, 6.07) is 20.4. The van der Waals surface area contributed by atoms with Gasteiger partial charge in [0, 0.05) is 16.8 Å². The minimum atomic E-state index is -2.58. The zero-order valence-electron chi connectivity index (χ0n) is 14.7. The fourth-order valence-corrected chi connectivity index (χ4v) is 8.68. The molecule has 4 rings (SSSR count). The standard InChI is InChI=1S/C22H27OP/c1-22(2)18-14-13-17(15-18)21(22)16-24(23,19-9-5-3-6-10-19)20-11-7-4-8-12-20/h3-12,17-18,21H,13-16H2,1-2H3/t17-,18+,21-/m0/s1. The Morgan fingerprint density at radius 2 is 1.46 bits per heavy atom. The molecule has 2 heteroatoms. The Morgan fingerprint density at radius 1 is 0.917 bits per heavy atom. The summed E-state index contributed by atoms with van der Waals surface area (Å²) >= 11 is 0. The van der Waals surface area contributed by atoms with E-state index in [1.54, 1.807) is 0 Å². The van der Waals surface area contributed by atoms with Crippen molar-refractivity contribution in [3.05, 3.63) is 60.7 Å². The Morgan fingerprint density at radius 3 is 1.92 bits per heavy atom. The summed E-state index contributed by atoms with van der Waals surface area (Å²) < 4.78 is 14.3. The van der Waals surface area contributed by atoms with Crippen LogP contribution in [0.5, 0.6) is 0 Å². The average molecular weight is 338 g/mol. The minimum Gasteiger partial charge on any atom is -0.314 e. The third kappa shape index (κ3) is 2.49. The number of hydrogen-bond donors (Lipinski definition) is 0. The van der Waals surface area contributed by atoms with E-state index >= 15 is 0 Å². The van der Waals surface area contributed by atoms with Crippen LogP contribution in [0, 0.1) is 23.2 Å². The molecule has 2 aromatic rings. The van der Waals surface area contributed by atoms with Crippen LogP contribution in [0.3, 0.4) is 0 Å². The highest BCUT2D eigenvalue weighted by atomic mass is 31.2. The molecule has 24 heavy (non-hydrogen) atoms. The first-order chi connectivity index (χ1) is 11.5. The lowest BCUT2D eigenvalue weighted by molar-refractivity contribution is 0.139. The van der Waals surface area contributed by atoms with E-state index in [9.17, 15) is 4.57 Å². The van der Waals surface area contributed by atoms with Crippen molar-refractivity contribution in [3.8, 4) is 0 Å². The van der Waals surface area contributed by atoms with Gasteiger partial charge in [-0.05, 0) is 42.4 Å². The van der Waals surface area contributed by atoms with Crippen molar-refractivity contribution in [1.82, 2.24) is 0 Å². The summed E-state index contributed by atoms with van der Waals surface area (Å²) in [6.07, 6.45) is 4.88. The summed E-state index contributed by atoms with van der Waals surface area (Å²) in [7, 11) is -2.58. The molecule has 0 radical (unpaired) electrons. The van der Waals surface area contributed by atoms with Crippen LogP contribution in [-0.2, 0) is 4.57 Å². The van der Waals surface area contributed by atoms with Crippen molar-refractivity contribution in [2.75, 3.05) is 6.16 Å². The normalized spacial score (nSPS) is 28.2. The molecule has 0 N–H and O–H groups in total. The summed E-state index contributed by atoms with van der Waals surface area (Å²) in [4.78, 5) is 0. The van der Waals surface area contributed by atoms with Gasteiger partial charge in [0.2, 0.25) is 0 Å². The SMILES string of the molecule is CC1(C)[C@@H]2CC[C@@H](C2)[C@@H]1CP(=O)(c1ccccc1)c1ccccc1. The fraction of sp³-hybridized carbons (Fsp3) is 0.455. The largest absolute Gasteiger partial charge is 0.314 e. The molecule has 0 saturated heterocycles. The molecule has 0 amide bonds. The Balaban J connectivity index is 1.76. The van der Waals surface area contributed by atoms with E-state index in [4.69, 9.17) is 0 Å². The number of rotatable bonds is 4. The van der Waals surface area contributed by atoms with Crippen LogP contribution in [0.1, 0.15) is 33.1 Å². The number of fused-ring (bicyclic) bond motifs is 2. The third-order valence-corrected chi connectivity index (χ3v) is 10.0. The Kier molecular flexibility index (Phi) is 3.96. The maximum Gasteiger partial charge on any atom is 0.143 e. The Labute approximate surface area is 145 Å². The van der Waals surface area contributed by atoms with E-state index in [0.717, 1.165) is 28.6 Å². The fourth-order valence-electron chi connectivity index (χ4n) is 5.33. The summed E-state index contributed by atoms with van der Waals surface area (Å²) in [6.45, 7) is 4.84. The molecule has 0 unspecified atom stereocenters. The first-order valence-electron chi connectivity index (χ1n) is 9.22. The van der Waals surface area contributed by atoms with E-state index in [1.165, 1.54) is 19.3 Å². The number of benzene rings is 2. The van der Waals surface area contributed by atoms with Crippen LogP contribution in [-0.4, -0.2) is 6.16 Å². The molecular formula is C22H27OP. The van der Waals surface area contributed by atoms with Gasteiger partial charge in [0.05, 0.1) is 0 Å². The molecule has 1 nitrogen and oxygen atoms in total. The molecule has 0 heterocycles. The predicted molar refractivity (Wildman–Crippen MR) is 103 cm³/mol. The van der Waals surface area contributed by atoms with E-state index in [1.807, 2.05) is 36.4 Å². The maximum atomic E-state index is 14.3. The Hall–Kier alpha value is -1.33. The lowest BCUT2D eigenvalue weighted by Crippen LogP contribution is -2.35. The van der Waals surface area contributed by atoms with E-state index in [-0.39, 0.29) is 0 Å². The van der Waals surface area contributed by atoms with Crippen LogP contribution in [0.4, 0.5) is 0 Å². The second-order valence-electron chi connectivity index (χ2n) is 8.29. The van der Waals surface area contributed by atoms with Crippen molar-refractivity contribution in [2.45, 2.75) is 33.1 Å². The van der Waals surface area contributed by atoms with E-state index in [2.05, 4.69) is 38.1 Å². The molecule has 0 spiro atoms. The van der Waals surface area contributed by atoms with Crippen molar-refractivity contribution >= 4 is 17.8 Å². The quantitative estimate of drug-likeness (QED) is 0.711. The zero-order valence-corrected chi connectivity index (χ0v) is 15.6. The smallest absolute Gasteiger partial charge is 0.143 e. The first kappa shape index (κ1) is 16.2. The molecule has 2 fully saturated rings. The van der Waals surface area contributed by atoms with Crippen LogP contribution >= 0.6 is 7.14 Å². The van der Waals surface area contributed by atoms with Crippen LogP contribution in [0.15, 0.2) is 60.7 Å². The Bertz CT molecular complexity index is 707. The molecule has 126 valence electrons. The average Bonchev–Trinajstić information content (AvgIpc) is 3.18. The van der Waals surface area contributed by atoms with Gasteiger partial charge in [0.25, 0.3) is 0 Å². The minimum absolute atomic E-state index is 0.322. The van der Waals surface area contributed by atoms with E-state index < -0.39 is 7.14 Å². The molecular weight excluding hydrogens is 311 g/mol. The van der Waals surface area contributed by atoms with Crippen molar-refractivity contribution in [3.63, 3.8) is 0 Å². The monoisotopic (exact) mass is 338 g/mol. The molecule has 0 aliphatic heterocycles. The number of hydrogen-bond acceptors (Lipinski definition) is 1. The molecule has 2 saturated carbocycles. The first-order valence-corrected chi connectivity index (χ1v) is 11.1. The summed E-state index contributed by atoms with van der Waals surface area (Å²) in [5, 5.41) is 2.05. The van der Waals surface area contributed by atoms with Gasteiger partial charge in [-0.25, -0.2) is 0 Å². The van der Waals surface area contributed by atoms with Gasteiger partial charge < -0.3 is 4.57 Å². The molecule has 0 aromatic heterocycles. The lowest BCUT2D eigenvalue weighted by atomic mass is 9.69. The lowest BCUT2D eigenvalue weighted by Gasteiger charge is -2.40. The van der Waals surface area contributed by atoms with Gasteiger partial charge in [-0.1, -0.05) is 74.5 Å². The van der Waals surface area contributed by atoms with Crippen LogP contribution < -0.4 is 10.6 Å². The zero-order chi connectivity index (χ0) is 16.8. The van der Waals surface area contributed by atoms with Gasteiger partial charge in [-0.2, -0.15) is 0 Å². The second kappa shape index (κ2) is 5.88. The molecule has 2 aromatic carbocycles. The molecule has 2 bridgehead atoms. The van der Waals surface area contributed by atoms with Crippen LogP contribution in [0.25, 0.3) is 0 Å². The van der Waals surface area contributed by atoms with Gasteiger partial charge >= 0.3 is 0 Å². The third-order valence-electron chi connectivity index (χ3n) is 6.85. The molecule has 2 aliphatic rings. The van der Waals surface area contributed by atoms with Gasteiger partial charge in [-0.3, -0.25) is 0 Å². The predicted octanol–water partition coefficient (Wildman–Crippen LogP) is 5.07. The highest BCUT2D eigenvalue weighted by Gasteiger charge is 2.54. The second-order valence-corrected chi connectivity index (χ2v) is 11.2. The van der Waals surface area contributed by atoms with Gasteiger partial charge in [-0.15, -0.1) is 0 Å². The highest BCUT2D eigenvalue weighted by molar-refractivity contribution is 7.78. The topological polar surface area (TPSA) is 17.1 Å². The van der Waals surface area contributed by atoms with Gasteiger partial charge in [0.1, 0.15) is 7.14 Å². The summed E-state index contributed by atoms with van der Waals surface area (Å²) in [5.41, 5.74) is 0.322. The van der Waals surface area contributed by atoms with E-state index in [0.29, 0.717) is 11.3 Å². The molecule has 2 aliphatic carbocycles. The van der Waals surface area contributed by atoms with Crippen LogP contribution in [0.2, 0.25) is 0 Å². The maximum absolute atomic E-state index is 14.3. The van der Waals surface area contributed by atoms with Crippen molar-refractivity contribution < 1.29 is 4.57 Å². The van der Waals surface area contributed by atoms with Gasteiger partial charge in [0.15, 0.2) is 0 Å². The highest BCUT2D eigenvalue weighted by Crippen LogP contribution is 2.63.